The van der Waals surface area contributed by atoms with Crippen molar-refractivity contribution in [1.29, 1.82) is 0 Å². The summed E-state index contributed by atoms with van der Waals surface area (Å²) in [5, 5.41) is 10.8. The Morgan fingerprint density at radius 2 is 1.95 bits per heavy atom. The zero-order valence-corrected chi connectivity index (χ0v) is 13.2. The molecule has 6 heteroatoms. The van der Waals surface area contributed by atoms with Gasteiger partial charge in [0.15, 0.2) is 0 Å². The van der Waals surface area contributed by atoms with E-state index >= 15 is 0 Å². The van der Waals surface area contributed by atoms with E-state index in [4.69, 9.17) is 0 Å². The molecule has 1 aromatic heterocycles. The first-order valence-electron chi connectivity index (χ1n) is 8.22. The molecule has 2 fully saturated rings. The first-order valence-corrected chi connectivity index (χ1v) is 8.22. The highest BCUT2D eigenvalue weighted by molar-refractivity contribution is 5.50. The third-order valence-corrected chi connectivity index (χ3v) is 4.88. The summed E-state index contributed by atoms with van der Waals surface area (Å²) in [5.74, 6) is 1.69. The van der Waals surface area contributed by atoms with E-state index in [1.165, 1.54) is 51.5 Å². The van der Waals surface area contributed by atoms with Gasteiger partial charge in [0.05, 0.1) is 4.92 Å². The molecule has 0 unspecified atom stereocenters. The molecular weight excluding hydrogens is 280 g/mol. The predicted octanol–water partition coefficient (Wildman–Crippen LogP) is 2.61. The van der Waals surface area contributed by atoms with Gasteiger partial charge in [-0.1, -0.05) is 0 Å². The highest BCUT2D eigenvalue weighted by atomic mass is 16.6. The summed E-state index contributed by atoms with van der Waals surface area (Å²) < 4.78 is 0. The van der Waals surface area contributed by atoms with Crippen molar-refractivity contribution >= 4 is 11.5 Å². The van der Waals surface area contributed by atoms with Crippen LogP contribution in [0.1, 0.15) is 31.2 Å². The number of aromatic nitrogens is 1. The van der Waals surface area contributed by atoms with Gasteiger partial charge in [0, 0.05) is 25.7 Å². The van der Waals surface area contributed by atoms with Crippen molar-refractivity contribution in [1.82, 2.24) is 9.88 Å². The number of aryl methyl sites for hydroxylation is 1. The minimum Gasteiger partial charge on any atom is -0.356 e. The van der Waals surface area contributed by atoms with Gasteiger partial charge < -0.3 is 9.80 Å². The van der Waals surface area contributed by atoms with Crippen molar-refractivity contribution in [3.63, 3.8) is 0 Å². The molecule has 3 rings (SSSR count). The molecule has 1 aromatic rings. The monoisotopic (exact) mass is 304 g/mol. The lowest BCUT2D eigenvalue weighted by atomic mass is 9.96. The number of nitrogens with zero attached hydrogens (tertiary/aromatic N) is 4. The van der Waals surface area contributed by atoms with Crippen LogP contribution in [0.5, 0.6) is 0 Å². The van der Waals surface area contributed by atoms with Crippen molar-refractivity contribution in [3.05, 3.63) is 27.9 Å². The average Bonchev–Trinajstić information content (AvgIpc) is 3.01. The molecule has 6 nitrogen and oxygen atoms in total. The van der Waals surface area contributed by atoms with Crippen LogP contribution in [0.25, 0.3) is 0 Å². The van der Waals surface area contributed by atoms with Gasteiger partial charge in [-0.05, 0) is 57.2 Å². The number of rotatable bonds is 4. The topological polar surface area (TPSA) is 62.5 Å². The molecule has 2 saturated heterocycles. The second kappa shape index (κ2) is 6.60. The molecule has 0 bridgehead atoms. The van der Waals surface area contributed by atoms with Crippen LogP contribution in [-0.2, 0) is 0 Å². The maximum absolute atomic E-state index is 10.8. The average molecular weight is 304 g/mol. The normalized spacial score (nSPS) is 20.5. The van der Waals surface area contributed by atoms with Crippen LogP contribution in [0.4, 0.5) is 11.5 Å². The Kier molecular flexibility index (Phi) is 4.57. The van der Waals surface area contributed by atoms with Crippen molar-refractivity contribution in [3.8, 4) is 0 Å². The zero-order chi connectivity index (χ0) is 15.5. The Bertz CT molecular complexity index is 535. The number of hydrogen-bond donors (Lipinski definition) is 0. The molecule has 0 spiro atoms. The number of anilines is 1. The van der Waals surface area contributed by atoms with Gasteiger partial charge in [-0.3, -0.25) is 10.1 Å². The minimum absolute atomic E-state index is 0.0742. The number of piperidine rings is 1. The standard InChI is InChI=1S/C16H24N4O2/c1-13-10-15(20(21)22)11-17-16(13)19-8-4-14(5-9-19)12-18-6-2-3-7-18/h10-11,14H,2-9,12H2,1H3. The predicted molar refractivity (Wildman–Crippen MR) is 86.2 cm³/mol. The third kappa shape index (κ3) is 3.38. The molecule has 0 N–H and O–H groups in total. The summed E-state index contributed by atoms with van der Waals surface area (Å²) in [5.41, 5.74) is 0.970. The molecule has 2 aliphatic rings. The number of hydrogen-bond acceptors (Lipinski definition) is 5. The Morgan fingerprint density at radius 3 is 2.55 bits per heavy atom. The van der Waals surface area contributed by atoms with Gasteiger partial charge in [-0.2, -0.15) is 0 Å². The Balaban J connectivity index is 1.57. The Labute approximate surface area is 131 Å². The minimum atomic E-state index is -0.383. The third-order valence-electron chi connectivity index (χ3n) is 4.88. The summed E-state index contributed by atoms with van der Waals surface area (Å²) in [6, 6.07) is 1.62. The summed E-state index contributed by atoms with van der Waals surface area (Å²) in [7, 11) is 0. The van der Waals surface area contributed by atoms with E-state index in [9.17, 15) is 10.1 Å². The lowest BCUT2D eigenvalue weighted by molar-refractivity contribution is -0.385. The van der Waals surface area contributed by atoms with Crippen molar-refractivity contribution in [2.24, 2.45) is 5.92 Å². The lowest BCUT2D eigenvalue weighted by Crippen LogP contribution is -2.38. The van der Waals surface area contributed by atoms with Crippen LogP contribution in [0.2, 0.25) is 0 Å². The van der Waals surface area contributed by atoms with Crippen LogP contribution in [-0.4, -0.2) is 47.5 Å². The van der Waals surface area contributed by atoms with E-state index in [0.29, 0.717) is 0 Å². The molecule has 3 heterocycles. The van der Waals surface area contributed by atoms with Gasteiger partial charge in [0.25, 0.3) is 5.69 Å². The molecule has 0 aliphatic carbocycles. The first kappa shape index (κ1) is 15.2. The largest absolute Gasteiger partial charge is 0.356 e. The van der Waals surface area contributed by atoms with Crippen LogP contribution in [0.15, 0.2) is 12.3 Å². The molecule has 0 saturated carbocycles. The maximum Gasteiger partial charge on any atom is 0.287 e. The van der Waals surface area contributed by atoms with Crippen LogP contribution < -0.4 is 4.90 Å². The van der Waals surface area contributed by atoms with Crippen LogP contribution in [0.3, 0.4) is 0 Å². The fraction of sp³-hybridized carbons (Fsp3) is 0.688. The van der Waals surface area contributed by atoms with Crippen LogP contribution in [0, 0.1) is 23.0 Å². The number of likely N-dealkylation sites (tertiary alicyclic amines) is 1. The fourth-order valence-corrected chi connectivity index (χ4v) is 3.64. The lowest BCUT2D eigenvalue weighted by Gasteiger charge is -2.35. The highest BCUT2D eigenvalue weighted by Gasteiger charge is 2.24. The van der Waals surface area contributed by atoms with E-state index < -0.39 is 0 Å². The first-order chi connectivity index (χ1) is 10.6. The molecule has 0 amide bonds. The second-order valence-corrected chi connectivity index (χ2v) is 6.53. The molecule has 120 valence electrons. The van der Waals surface area contributed by atoms with Crippen LogP contribution >= 0.6 is 0 Å². The summed E-state index contributed by atoms with van der Waals surface area (Å²) >= 11 is 0. The van der Waals surface area contributed by atoms with Gasteiger partial charge >= 0.3 is 0 Å². The highest BCUT2D eigenvalue weighted by Crippen LogP contribution is 2.27. The molecule has 0 atom stereocenters. The summed E-state index contributed by atoms with van der Waals surface area (Å²) in [6.07, 6.45) is 6.46. The van der Waals surface area contributed by atoms with E-state index in [2.05, 4.69) is 14.8 Å². The molecule has 0 radical (unpaired) electrons. The summed E-state index contributed by atoms with van der Waals surface area (Å²) in [6.45, 7) is 7.69. The van der Waals surface area contributed by atoms with Gasteiger partial charge in [0.1, 0.15) is 12.0 Å². The zero-order valence-electron chi connectivity index (χ0n) is 13.2. The van der Waals surface area contributed by atoms with Gasteiger partial charge in [-0.25, -0.2) is 4.98 Å². The van der Waals surface area contributed by atoms with Crippen molar-refractivity contribution < 1.29 is 4.92 Å². The Morgan fingerprint density at radius 1 is 1.27 bits per heavy atom. The quantitative estimate of drug-likeness (QED) is 0.632. The second-order valence-electron chi connectivity index (χ2n) is 6.53. The molecular formula is C16H24N4O2. The smallest absolute Gasteiger partial charge is 0.287 e. The molecule has 2 aliphatic heterocycles. The van der Waals surface area contributed by atoms with Crippen molar-refractivity contribution in [2.45, 2.75) is 32.6 Å². The maximum atomic E-state index is 10.8. The summed E-state index contributed by atoms with van der Waals surface area (Å²) in [4.78, 5) is 19.6. The molecule has 22 heavy (non-hydrogen) atoms. The van der Waals surface area contributed by atoms with E-state index in [0.717, 1.165) is 30.4 Å². The van der Waals surface area contributed by atoms with E-state index in [-0.39, 0.29) is 10.6 Å². The SMILES string of the molecule is Cc1cc([N+](=O)[O-])cnc1N1CCC(CN2CCCC2)CC1. The van der Waals surface area contributed by atoms with E-state index in [1.807, 2.05) is 6.92 Å². The molecule has 0 aromatic carbocycles. The Hall–Kier alpha value is -1.69. The van der Waals surface area contributed by atoms with Gasteiger partial charge in [-0.15, -0.1) is 0 Å². The number of pyridine rings is 1. The number of nitro groups is 1. The van der Waals surface area contributed by atoms with Gasteiger partial charge in [0.2, 0.25) is 0 Å². The van der Waals surface area contributed by atoms with Crippen molar-refractivity contribution in [2.75, 3.05) is 37.6 Å². The van der Waals surface area contributed by atoms with E-state index in [1.54, 1.807) is 6.07 Å². The fourth-order valence-electron chi connectivity index (χ4n) is 3.64.